The third-order valence-electron chi connectivity index (χ3n) is 2.07. The van der Waals surface area contributed by atoms with Gasteiger partial charge in [0, 0.05) is 16.8 Å². The van der Waals surface area contributed by atoms with Crippen LogP contribution in [0.5, 0.6) is 0 Å². The summed E-state index contributed by atoms with van der Waals surface area (Å²) < 4.78 is 1.68. The van der Waals surface area contributed by atoms with Gasteiger partial charge in [-0.05, 0) is 33.4 Å². The Morgan fingerprint density at radius 1 is 1.38 bits per heavy atom. The number of aromatic nitrogens is 1. The van der Waals surface area contributed by atoms with E-state index < -0.39 is 0 Å². The minimum absolute atomic E-state index is 0.131. The van der Waals surface area contributed by atoms with Crippen LogP contribution >= 0.6 is 31.9 Å². The first-order chi connectivity index (χ1) is 7.58. The number of amides is 1. The predicted molar refractivity (Wildman–Crippen MR) is 71.4 cm³/mol. The van der Waals surface area contributed by atoms with Crippen molar-refractivity contribution >= 4 is 54.4 Å². The van der Waals surface area contributed by atoms with Gasteiger partial charge >= 0.3 is 0 Å². The van der Waals surface area contributed by atoms with Crippen molar-refractivity contribution in [2.45, 2.75) is 6.92 Å². The molecule has 1 N–H and O–H groups in total. The van der Waals surface area contributed by atoms with Crippen molar-refractivity contribution in [2.24, 2.45) is 0 Å². The van der Waals surface area contributed by atoms with Gasteiger partial charge in [0.25, 0.3) is 0 Å². The van der Waals surface area contributed by atoms with Gasteiger partial charge in [0.2, 0.25) is 5.91 Å². The van der Waals surface area contributed by atoms with Crippen molar-refractivity contribution in [1.29, 1.82) is 0 Å². The first kappa shape index (κ1) is 11.5. The Balaban J connectivity index is 2.64. The van der Waals surface area contributed by atoms with E-state index in [1.165, 1.54) is 6.92 Å². The number of hydrogen-bond acceptors (Lipinski definition) is 2. The maximum atomic E-state index is 11.0. The van der Waals surface area contributed by atoms with Gasteiger partial charge in [0.15, 0.2) is 0 Å². The molecule has 0 fully saturated rings. The van der Waals surface area contributed by atoms with Crippen LogP contribution in [0.15, 0.2) is 33.3 Å². The van der Waals surface area contributed by atoms with E-state index in [2.05, 4.69) is 42.2 Å². The summed E-state index contributed by atoms with van der Waals surface area (Å²) in [6.45, 7) is 1.46. The van der Waals surface area contributed by atoms with Crippen LogP contribution < -0.4 is 5.32 Å². The van der Waals surface area contributed by atoms with Gasteiger partial charge in [-0.1, -0.05) is 28.1 Å². The molecular weight excluding hydrogens is 336 g/mol. The fourth-order valence-electron chi connectivity index (χ4n) is 1.46. The summed E-state index contributed by atoms with van der Waals surface area (Å²) in [7, 11) is 0. The second-order valence-corrected chi connectivity index (χ2v) is 4.92. The zero-order valence-electron chi connectivity index (χ0n) is 8.42. The second kappa shape index (κ2) is 4.51. The van der Waals surface area contributed by atoms with Crippen molar-refractivity contribution in [3.63, 3.8) is 0 Å². The predicted octanol–water partition coefficient (Wildman–Crippen LogP) is 3.72. The summed E-state index contributed by atoms with van der Waals surface area (Å²) in [5.74, 6) is 0.415. The third-order valence-corrected chi connectivity index (χ3v) is 3.30. The van der Waals surface area contributed by atoms with Gasteiger partial charge in [-0.25, -0.2) is 4.98 Å². The number of fused-ring (bicyclic) bond motifs is 1. The molecule has 0 unspecified atom stereocenters. The van der Waals surface area contributed by atoms with Crippen LogP contribution in [0.4, 0.5) is 5.82 Å². The summed E-state index contributed by atoms with van der Waals surface area (Å²) in [6.07, 6.45) is 0. The Kier molecular flexibility index (Phi) is 3.25. The van der Waals surface area contributed by atoms with E-state index in [1.54, 1.807) is 0 Å². The molecule has 0 saturated heterocycles. The lowest BCUT2D eigenvalue weighted by atomic mass is 10.2. The van der Waals surface area contributed by atoms with E-state index in [0.717, 1.165) is 15.2 Å². The Hall–Kier alpha value is -0.940. The minimum atomic E-state index is -0.131. The van der Waals surface area contributed by atoms with E-state index in [4.69, 9.17) is 0 Å². The maximum Gasteiger partial charge on any atom is 0.222 e. The molecule has 0 bridgehead atoms. The SMILES string of the molecule is CC(=O)Nc1cc2cccc(Br)c2c(Br)n1. The topological polar surface area (TPSA) is 42.0 Å². The molecule has 0 aliphatic carbocycles. The monoisotopic (exact) mass is 342 g/mol. The molecule has 1 amide bonds. The normalized spacial score (nSPS) is 10.4. The van der Waals surface area contributed by atoms with Crippen LogP contribution in [0.2, 0.25) is 0 Å². The molecule has 16 heavy (non-hydrogen) atoms. The molecule has 0 saturated carbocycles. The molecule has 1 aromatic carbocycles. The highest BCUT2D eigenvalue weighted by atomic mass is 79.9. The fourth-order valence-corrected chi connectivity index (χ4v) is 2.93. The minimum Gasteiger partial charge on any atom is -0.311 e. The van der Waals surface area contributed by atoms with Crippen LogP contribution in [0.25, 0.3) is 10.8 Å². The molecule has 0 aliphatic heterocycles. The van der Waals surface area contributed by atoms with Crippen LogP contribution in [0, 0.1) is 0 Å². The Bertz CT molecular complexity index is 569. The number of carbonyl (C=O) groups excluding carboxylic acids is 1. The molecule has 0 atom stereocenters. The Labute approximate surface area is 110 Å². The highest BCUT2D eigenvalue weighted by Gasteiger charge is 2.07. The summed E-state index contributed by atoms with van der Waals surface area (Å²) >= 11 is 6.86. The van der Waals surface area contributed by atoms with E-state index in [1.807, 2.05) is 24.3 Å². The van der Waals surface area contributed by atoms with Gasteiger partial charge in [-0.3, -0.25) is 4.79 Å². The molecular formula is C11H8Br2N2O. The average molecular weight is 344 g/mol. The number of pyridine rings is 1. The molecule has 0 radical (unpaired) electrons. The Morgan fingerprint density at radius 3 is 2.81 bits per heavy atom. The second-order valence-electron chi connectivity index (χ2n) is 3.32. The highest BCUT2D eigenvalue weighted by molar-refractivity contribution is 9.11. The van der Waals surface area contributed by atoms with Gasteiger partial charge in [0.05, 0.1) is 0 Å². The average Bonchev–Trinajstić information content (AvgIpc) is 2.15. The molecule has 82 valence electrons. The molecule has 1 heterocycles. The van der Waals surface area contributed by atoms with Gasteiger partial charge < -0.3 is 5.32 Å². The first-order valence-electron chi connectivity index (χ1n) is 4.60. The number of hydrogen-bond donors (Lipinski definition) is 1. The van der Waals surface area contributed by atoms with E-state index >= 15 is 0 Å². The highest BCUT2D eigenvalue weighted by Crippen LogP contribution is 2.31. The van der Waals surface area contributed by atoms with Gasteiger partial charge in [-0.2, -0.15) is 0 Å². The molecule has 3 nitrogen and oxygen atoms in total. The summed E-state index contributed by atoms with van der Waals surface area (Å²) in [4.78, 5) is 15.2. The number of benzene rings is 1. The van der Waals surface area contributed by atoms with E-state index in [0.29, 0.717) is 10.4 Å². The number of carbonyl (C=O) groups is 1. The zero-order chi connectivity index (χ0) is 11.7. The maximum absolute atomic E-state index is 11.0. The van der Waals surface area contributed by atoms with Crippen LogP contribution in [0.3, 0.4) is 0 Å². The molecule has 0 spiro atoms. The van der Waals surface area contributed by atoms with Crippen molar-refractivity contribution in [2.75, 3.05) is 5.32 Å². The summed E-state index contributed by atoms with van der Waals surface area (Å²) in [5.41, 5.74) is 0. The third kappa shape index (κ3) is 2.25. The molecule has 5 heteroatoms. The van der Waals surface area contributed by atoms with Crippen LogP contribution in [-0.2, 0) is 4.79 Å². The summed E-state index contributed by atoms with van der Waals surface area (Å²) in [5, 5.41) is 4.67. The lowest BCUT2D eigenvalue weighted by molar-refractivity contribution is -0.114. The number of nitrogens with one attached hydrogen (secondary N) is 1. The lowest BCUT2D eigenvalue weighted by Crippen LogP contribution is -2.07. The van der Waals surface area contributed by atoms with E-state index in [9.17, 15) is 4.79 Å². The van der Waals surface area contributed by atoms with Gasteiger partial charge in [-0.15, -0.1) is 0 Å². The Morgan fingerprint density at radius 2 is 2.12 bits per heavy atom. The van der Waals surface area contributed by atoms with Crippen LogP contribution in [-0.4, -0.2) is 10.9 Å². The van der Waals surface area contributed by atoms with Crippen molar-refractivity contribution < 1.29 is 4.79 Å². The molecule has 0 aliphatic rings. The van der Waals surface area contributed by atoms with Crippen molar-refractivity contribution in [3.8, 4) is 0 Å². The number of nitrogens with zero attached hydrogens (tertiary/aromatic N) is 1. The zero-order valence-corrected chi connectivity index (χ0v) is 11.6. The summed E-state index contributed by atoms with van der Waals surface area (Å²) in [6, 6.07) is 7.70. The van der Waals surface area contributed by atoms with Crippen molar-refractivity contribution in [3.05, 3.63) is 33.3 Å². The van der Waals surface area contributed by atoms with Gasteiger partial charge in [0.1, 0.15) is 10.4 Å². The smallest absolute Gasteiger partial charge is 0.222 e. The molecule has 1 aromatic heterocycles. The largest absolute Gasteiger partial charge is 0.311 e. The van der Waals surface area contributed by atoms with Crippen molar-refractivity contribution in [1.82, 2.24) is 4.98 Å². The standard InChI is InChI=1S/C11H8Br2N2O/c1-6(16)14-9-5-7-3-2-4-8(12)10(7)11(13)15-9/h2-5H,1H3,(H,14,15,16). The number of anilines is 1. The fraction of sp³-hybridized carbons (Fsp3) is 0.0909. The number of rotatable bonds is 1. The number of halogens is 2. The lowest BCUT2D eigenvalue weighted by Gasteiger charge is -2.06. The first-order valence-corrected chi connectivity index (χ1v) is 6.19. The molecule has 2 rings (SSSR count). The molecule has 2 aromatic rings. The quantitative estimate of drug-likeness (QED) is 0.802. The van der Waals surface area contributed by atoms with E-state index in [-0.39, 0.29) is 5.91 Å². The van der Waals surface area contributed by atoms with Crippen LogP contribution in [0.1, 0.15) is 6.92 Å².